The van der Waals surface area contributed by atoms with Gasteiger partial charge in [-0.3, -0.25) is 0 Å². The van der Waals surface area contributed by atoms with E-state index in [9.17, 15) is 0 Å². The Kier molecular flexibility index (Phi) is 4.80. The quantitative estimate of drug-likeness (QED) is 0.876. The molecular formula is C17H27BrN2. The molecule has 2 rings (SSSR count). The van der Waals surface area contributed by atoms with Crippen molar-refractivity contribution in [2.75, 3.05) is 18.0 Å². The van der Waals surface area contributed by atoms with Crippen LogP contribution in [0.25, 0.3) is 0 Å². The number of halogens is 1. The van der Waals surface area contributed by atoms with Crippen molar-refractivity contribution in [1.29, 1.82) is 0 Å². The number of benzene rings is 1. The molecule has 0 spiro atoms. The predicted octanol–water partition coefficient (Wildman–Crippen LogP) is 4.43. The molecule has 2 unspecified atom stereocenters. The summed E-state index contributed by atoms with van der Waals surface area (Å²) in [6.45, 7) is 14.6. The number of rotatable bonds is 3. The number of hydrogen-bond acceptors (Lipinski definition) is 2. The first-order valence-corrected chi connectivity index (χ1v) is 8.34. The molecule has 1 aliphatic rings. The van der Waals surface area contributed by atoms with Crippen molar-refractivity contribution in [3.63, 3.8) is 0 Å². The van der Waals surface area contributed by atoms with Gasteiger partial charge in [0.1, 0.15) is 0 Å². The molecule has 112 valence electrons. The van der Waals surface area contributed by atoms with Crippen LogP contribution in [0, 0.1) is 11.8 Å². The van der Waals surface area contributed by atoms with Gasteiger partial charge in [-0.1, -0.05) is 29.8 Å². The second-order valence-electron chi connectivity index (χ2n) is 7.24. The zero-order valence-corrected chi connectivity index (χ0v) is 14.9. The Hall–Kier alpha value is -0.540. The van der Waals surface area contributed by atoms with Crippen LogP contribution in [-0.2, 0) is 6.54 Å². The Morgan fingerprint density at radius 1 is 1.20 bits per heavy atom. The Labute approximate surface area is 132 Å². The van der Waals surface area contributed by atoms with Gasteiger partial charge in [0, 0.05) is 35.3 Å². The number of anilines is 1. The average molecular weight is 339 g/mol. The summed E-state index contributed by atoms with van der Waals surface area (Å²) in [5.74, 6) is 1.56. The molecule has 0 aliphatic carbocycles. The maximum Gasteiger partial charge on any atom is 0.0412 e. The standard InChI is InChI=1S/C17H27BrN2/c1-12-10-20(11-13(12)2)16-7-6-15(18)8-14(16)9-19-17(3,4)5/h6-8,12-13,19H,9-11H2,1-5H3. The second kappa shape index (κ2) is 6.07. The summed E-state index contributed by atoms with van der Waals surface area (Å²) >= 11 is 3.60. The van der Waals surface area contributed by atoms with Gasteiger partial charge in [-0.15, -0.1) is 0 Å². The van der Waals surface area contributed by atoms with Crippen molar-refractivity contribution in [3.8, 4) is 0 Å². The smallest absolute Gasteiger partial charge is 0.0412 e. The van der Waals surface area contributed by atoms with Crippen molar-refractivity contribution in [2.24, 2.45) is 11.8 Å². The molecule has 1 heterocycles. The van der Waals surface area contributed by atoms with Crippen LogP contribution in [0.15, 0.2) is 22.7 Å². The fourth-order valence-corrected chi connectivity index (χ4v) is 3.10. The summed E-state index contributed by atoms with van der Waals surface area (Å²) in [5.41, 5.74) is 2.92. The zero-order chi connectivity index (χ0) is 14.9. The number of hydrogen-bond donors (Lipinski definition) is 1. The van der Waals surface area contributed by atoms with Crippen molar-refractivity contribution >= 4 is 21.6 Å². The van der Waals surface area contributed by atoms with Gasteiger partial charge in [-0.05, 0) is 56.4 Å². The molecule has 3 heteroatoms. The molecule has 0 amide bonds. The minimum atomic E-state index is 0.144. The van der Waals surface area contributed by atoms with E-state index < -0.39 is 0 Å². The fraction of sp³-hybridized carbons (Fsp3) is 0.647. The first-order chi connectivity index (χ1) is 9.26. The molecule has 0 radical (unpaired) electrons. The van der Waals surface area contributed by atoms with Crippen LogP contribution in [0.4, 0.5) is 5.69 Å². The fourth-order valence-electron chi connectivity index (χ4n) is 2.69. The second-order valence-corrected chi connectivity index (χ2v) is 8.15. The van der Waals surface area contributed by atoms with Crippen molar-refractivity contribution in [1.82, 2.24) is 5.32 Å². The Bertz CT molecular complexity index is 455. The van der Waals surface area contributed by atoms with Gasteiger partial charge in [0.25, 0.3) is 0 Å². The van der Waals surface area contributed by atoms with E-state index in [-0.39, 0.29) is 5.54 Å². The Morgan fingerprint density at radius 3 is 2.35 bits per heavy atom. The van der Waals surface area contributed by atoms with E-state index in [1.165, 1.54) is 24.3 Å². The maximum atomic E-state index is 3.60. The third-order valence-corrected chi connectivity index (χ3v) is 4.67. The maximum absolute atomic E-state index is 3.60. The molecular weight excluding hydrogens is 312 g/mol. The lowest BCUT2D eigenvalue weighted by Crippen LogP contribution is -2.35. The lowest BCUT2D eigenvalue weighted by molar-refractivity contribution is 0.424. The summed E-state index contributed by atoms with van der Waals surface area (Å²) in [5, 5.41) is 3.60. The molecule has 2 nitrogen and oxygen atoms in total. The molecule has 0 saturated carbocycles. The van der Waals surface area contributed by atoms with Gasteiger partial charge in [0.2, 0.25) is 0 Å². The largest absolute Gasteiger partial charge is 0.371 e. The number of nitrogens with one attached hydrogen (secondary N) is 1. The van der Waals surface area contributed by atoms with Crippen LogP contribution in [0.1, 0.15) is 40.2 Å². The number of nitrogens with zero attached hydrogens (tertiary/aromatic N) is 1. The van der Waals surface area contributed by atoms with E-state index >= 15 is 0 Å². The molecule has 1 saturated heterocycles. The molecule has 0 bridgehead atoms. The summed E-state index contributed by atoms with van der Waals surface area (Å²) in [4.78, 5) is 2.54. The normalized spacial score (nSPS) is 23.4. The van der Waals surface area contributed by atoms with Crippen LogP contribution >= 0.6 is 15.9 Å². The minimum Gasteiger partial charge on any atom is -0.371 e. The Balaban J connectivity index is 2.20. The molecule has 1 aromatic carbocycles. The lowest BCUT2D eigenvalue weighted by atomic mass is 10.0. The SMILES string of the molecule is CC1CN(c2ccc(Br)cc2CNC(C)(C)C)CC1C. The molecule has 1 aromatic rings. The highest BCUT2D eigenvalue weighted by Crippen LogP contribution is 2.32. The average Bonchev–Trinajstić information content (AvgIpc) is 2.66. The molecule has 1 aliphatic heterocycles. The van der Waals surface area contributed by atoms with E-state index in [2.05, 4.69) is 79.0 Å². The molecule has 0 aromatic heterocycles. The van der Waals surface area contributed by atoms with Gasteiger partial charge in [-0.2, -0.15) is 0 Å². The lowest BCUT2D eigenvalue weighted by Gasteiger charge is -2.26. The highest BCUT2D eigenvalue weighted by molar-refractivity contribution is 9.10. The molecule has 1 fully saturated rings. The van der Waals surface area contributed by atoms with Gasteiger partial charge >= 0.3 is 0 Å². The van der Waals surface area contributed by atoms with Crippen LogP contribution < -0.4 is 10.2 Å². The zero-order valence-electron chi connectivity index (χ0n) is 13.3. The molecule has 20 heavy (non-hydrogen) atoms. The van der Waals surface area contributed by atoms with E-state index in [0.29, 0.717) is 0 Å². The van der Waals surface area contributed by atoms with Crippen molar-refractivity contribution in [2.45, 2.75) is 46.7 Å². The molecule has 2 atom stereocenters. The topological polar surface area (TPSA) is 15.3 Å². The van der Waals surface area contributed by atoms with Crippen molar-refractivity contribution in [3.05, 3.63) is 28.2 Å². The monoisotopic (exact) mass is 338 g/mol. The summed E-state index contributed by atoms with van der Waals surface area (Å²) in [6.07, 6.45) is 0. The summed E-state index contributed by atoms with van der Waals surface area (Å²) < 4.78 is 1.16. The van der Waals surface area contributed by atoms with Gasteiger partial charge in [0.05, 0.1) is 0 Å². The first-order valence-electron chi connectivity index (χ1n) is 7.54. The van der Waals surface area contributed by atoms with E-state index in [1.807, 2.05) is 0 Å². The summed E-state index contributed by atoms with van der Waals surface area (Å²) in [6, 6.07) is 6.67. The summed E-state index contributed by atoms with van der Waals surface area (Å²) in [7, 11) is 0. The van der Waals surface area contributed by atoms with Crippen LogP contribution in [0.2, 0.25) is 0 Å². The van der Waals surface area contributed by atoms with Gasteiger partial charge in [0.15, 0.2) is 0 Å². The molecule has 1 N–H and O–H groups in total. The third-order valence-electron chi connectivity index (χ3n) is 4.18. The van der Waals surface area contributed by atoms with E-state index in [4.69, 9.17) is 0 Å². The first kappa shape index (κ1) is 15.8. The highest BCUT2D eigenvalue weighted by Gasteiger charge is 2.27. The van der Waals surface area contributed by atoms with E-state index in [0.717, 1.165) is 22.9 Å². The third kappa shape index (κ3) is 3.98. The van der Waals surface area contributed by atoms with Crippen molar-refractivity contribution < 1.29 is 0 Å². The van der Waals surface area contributed by atoms with Crippen LogP contribution in [0.3, 0.4) is 0 Å². The van der Waals surface area contributed by atoms with Crippen LogP contribution in [-0.4, -0.2) is 18.6 Å². The highest BCUT2D eigenvalue weighted by atomic mass is 79.9. The van der Waals surface area contributed by atoms with Crippen LogP contribution in [0.5, 0.6) is 0 Å². The minimum absolute atomic E-state index is 0.144. The Morgan fingerprint density at radius 2 is 1.80 bits per heavy atom. The van der Waals surface area contributed by atoms with Gasteiger partial charge < -0.3 is 10.2 Å². The van der Waals surface area contributed by atoms with E-state index in [1.54, 1.807) is 0 Å². The predicted molar refractivity (Wildman–Crippen MR) is 91.3 cm³/mol. The van der Waals surface area contributed by atoms with Gasteiger partial charge in [-0.25, -0.2) is 0 Å².